The Hall–Kier alpha value is -0.290. The number of nitrogens with one attached hydrogen (secondary N) is 1. The summed E-state index contributed by atoms with van der Waals surface area (Å²) in [5.41, 5.74) is 4.59. The normalized spacial score (nSPS) is 12.5. The van der Waals surface area contributed by atoms with Gasteiger partial charge >= 0.3 is 0 Å². The van der Waals surface area contributed by atoms with Crippen LogP contribution in [-0.4, -0.2) is 0 Å². The smallest absolute Gasteiger partial charge is 0.0722 e. The van der Waals surface area contributed by atoms with Gasteiger partial charge in [0.25, 0.3) is 0 Å². The molecule has 100 valence electrons. The molecule has 0 fully saturated rings. The molecule has 19 heavy (non-hydrogen) atoms. The van der Waals surface area contributed by atoms with Crippen LogP contribution < -0.4 is 11.3 Å². The minimum Gasteiger partial charge on any atom is -0.271 e. The molecule has 0 aliphatic rings. The van der Waals surface area contributed by atoms with Crippen LogP contribution in [0.1, 0.15) is 17.2 Å². The van der Waals surface area contributed by atoms with E-state index in [2.05, 4.69) is 21.4 Å². The number of benzene rings is 2. The predicted molar refractivity (Wildman–Crippen MR) is 84.8 cm³/mol. The van der Waals surface area contributed by atoms with Crippen molar-refractivity contribution >= 4 is 50.7 Å². The van der Waals surface area contributed by atoms with Gasteiger partial charge in [-0.25, -0.2) is 5.43 Å². The Morgan fingerprint density at radius 3 is 2.37 bits per heavy atom. The fourth-order valence-electron chi connectivity index (χ4n) is 1.79. The van der Waals surface area contributed by atoms with Crippen LogP contribution in [-0.2, 0) is 0 Å². The number of halogens is 4. The summed E-state index contributed by atoms with van der Waals surface area (Å²) >= 11 is 21.5. The van der Waals surface area contributed by atoms with Crippen LogP contribution in [0, 0.1) is 0 Å². The van der Waals surface area contributed by atoms with E-state index in [0.29, 0.717) is 15.1 Å². The predicted octanol–water partition coefficient (Wildman–Crippen LogP) is 4.96. The van der Waals surface area contributed by atoms with Gasteiger partial charge in [-0.3, -0.25) is 5.84 Å². The van der Waals surface area contributed by atoms with E-state index in [1.54, 1.807) is 18.2 Å². The zero-order chi connectivity index (χ0) is 14.0. The number of rotatable bonds is 3. The van der Waals surface area contributed by atoms with Crippen molar-refractivity contribution in [2.24, 2.45) is 5.84 Å². The van der Waals surface area contributed by atoms with E-state index in [9.17, 15) is 0 Å². The molecule has 2 rings (SSSR count). The maximum Gasteiger partial charge on any atom is 0.0722 e. The molecule has 0 bridgehead atoms. The first-order chi connectivity index (χ1) is 9.02. The molecule has 6 heteroatoms. The highest BCUT2D eigenvalue weighted by molar-refractivity contribution is 9.10. The first-order valence-corrected chi connectivity index (χ1v) is 7.31. The van der Waals surface area contributed by atoms with Crippen molar-refractivity contribution < 1.29 is 0 Å². The number of hydrogen-bond donors (Lipinski definition) is 2. The monoisotopic (exact) mass is 378 g/mol. The molecule has 0 radical (unpaired) electrons. The Kier molecular flexibility index (Phi) is 5.12. The zero-order valence-electron chi connectivity index (χ0n) is 9.63. The molecule has 2 nitrogen and oxygen atoms in total. The van der Waals surface area contributed by atoms with Crippen LogP contribution in [0.25, 0.3) is 0 Å². The van der Waals surface area contributed by atoms with Crippen LogP contribution in [0.5, 0.6) is 0 Å². The molecule has 1 atom stereocenters. The van der Waals surface area contributed by atoms with Crippen LogP contribution in [0.3, 0.4) is 0 Å². The standard InChI is InChI=1S/C13H10BrCl3N2/c14-10-3-2-8(15)6-9(10)13(19-18)7-1-4-11(16)12(17)5-7/h1-6,13,19H,18H2. The number of nitrogens with two attached hydrogens (primary N) is 1. The van der Waals surface area contributed by atoms with Gasteiger partial charge in [-0.15, -0.1) is 0 Å². The molecule has 2 aromatic rings. The lowest BCUT2D eigenvalue weighted by atomic mass is 9.99. The van der Waals surface area contributed by atoms with Crippen LogP contribution in [0.4, 0.5) is 0 Å². The summed E-state index contributed by atoms with van der Waals surface area (Å²) in [6.07, 6.45) is 0. The van der Waals surface area contributed by atoms with Gasteiger partial charge in [-0.1, -0.05) is 56.8 Å². The molecule has 0 aliphatic carbocycles. The first-order valence-electron chi connectivity index (χ1n) is 5.39. The molecule has 2 aromatic carbocycles. The van der Waals surface area contributed by atoms with Crippen LogP contribution in [0.15, 0.2) is 40.9 Å². The Morgan fingerprint density at radius 1 is 1.00 bits per heavy atom. The summed E-state index contributed by atoms with van der Waals surface area (Å²) in [5.74, 6) is 5.65. The average molecular weight is 381 g/mol. The highest BCUT2D eigenvalue weighted by Gasteiger charge is 2.16. The number of hydrogen-bond acceptors (Lipinski definition) is 2. The molecule has 3 N–H and O–H groups in total. The summed E-state index contributed by atoms with van der Waals surface area (Å²) < 4.78 is 0.908. The minimum absolute atomic E-state index is 0.233. The van der Waals surface area contributed by atoms with Gasteiger partial charge in [0, 0.05) is 9.50 Å². The van der Waals surface area contributed by atoms with Gasteiger partial charge in [-0.2, -0.15) is 0 Å². The molecule has 0 saturated carbocycles. The summed E-state index contributed by atoms with van der Waals surface area (Å²) in [4.78, 5) is 0. The Morgan fingerprint density at radius 2 is 1.74 bits per heavy atom. The lowest BCUT2D eigenvalue weighted by Gasteiger charge is -2.19. The van der Waals surface area contributed by atoms with Gasteiger partial charge in [0.2, 0.25) is 0 Å². The Bertz CT molecular complexity index is 604. The van der Waals surface area contributed by atoms with E-state index in [0.717, 1.165) is 15.6 Å². The molecule has 0 aromatic heterocycles. The second-order valence-electron chi connectivity index (χ2n) is 3.94. The fourth-order valence-corrected chi connectivity index (χ4v) is 2.76. The van der Waals surface area contributed by atoms with Crippen molar-refractivity contribution in [3.63, 3.8) is 0 Å². The van der Waals surface area contributed by atoms with Gasteiger partial charge in [-0.05, 0) is 41.5 Å². The molecule has 0 amide bonds. The second-order valence-corrected chi connectivity index (χ2v) is 6.04. The molecule has 0 saturated heterocycles. The Labute approximate surface area is 134 Å². The van der Waals surface area contributed by atoms with Crippen molar-refractivity contribution in [1.82, 2.24) is 5.43 Å². The van der Waals surface area contributed by atoms with E-state index in [1.807, 2.05) is 18.2 Å². The van der Waals surface area contributed by atoms with Crippen molar-refractivity contribution in [2.45, 2.75) is 6.04 Å². The summed E-state index contributed by atoms with van der Waals surface area (Å²) in [6, 6.07) is 10.7. The van der Waals surface area contributed by atoms with Crippen molar-refractivity contribution in [2.75, 3.05) is 0 Å². The third-order valence-corrected chi connectivity index (χ3v) is 4.41. The zero-order valence-corrected chi connectivity index (χ0v) is 13.5. The SMILES string of the molecule is NNC(c1ccc(Cl)c(Cl)c1)c1cc(Cl)ccc1Br. The van der Waals surface area contributed by atoms with E-state index in [-0.39, 0.29) is 6.04 Å². The van der Waals surface area contributed by atoms with E-state index in [4.69, 9.17) is 40.6 Å². The van der Waals surface area contributed by atoms with Crippen molar-refractivity contribution in [3.05, 3.63) is 67.1 Å². The maximum atomic E-state index is 6.04. The summed E-state index contributed by atoms with van der Waals surface area (Å²) in [7, 11) is 0. The van der Waals surface area contributed by atoms with Gasteiger partial charge in [0.15, 0.2) is 0 Å². The third-order valence-electron chi connectivity index (χ3n) is 2.71. The average Bonchev–Trinajstić information content (AvgIpc) is 2.38. The van der Waals surface area contributed by atoms with Gasteiger partial charge < -0.3 is 0 Å². The Balaban J connectivity index is 2.49. The van der Waals surface area contributed by atoms with Crippen LogP contribution in [0.2, 0.25) is 15.1 Å². The van der Waals surface area contributed by atoms with Gasteiger partial charge in [0.05, 0.1) is 16.1 Å². The lowest BCUT2D eigenvalue weighted by molar-refractivity contribution is 0.635. The highest BCUT2D eigenvalue weighted by atomic mass is 79.9. The van der Waals surface area contributed by atoms with Gasteiger partial charge in [0.1, 0.15) is 0 Å². The highest BCUT2D eigenvalue weighted by Crippen LogP contribution is 2.33. The quantitative estimate of drug-likeness (QED) is 0.583. The van der Waals surface area contributed by atoms with Crippen molar-refractivity contribution in [3.8, 4) is 0 Å². The lowest BCUT2D eigenvalue weighted by Crippen LogP contribution is -2.29. The topological polar surface area (TPSA) is 38.0 Å². The molecule has 0 aliphatic heterocycles. The summed E-state index contributed by atoms with van der Waals surface area (Å²) in [6.45, 7) is 0. The first kappa shape index (κ1) is 15.1. The minimum atomic E-state index is -0.233. The summed E-state index contributed by atoms with van der Waals surface area (Å²) in [5, 5.41) is 1.63. The molecule has 0 spiro atoms. The molecular weight excluding hydrogens is 370 g/mol. The number of hydrazine groups is 1. The third kappa shape index (κ3) is 3.43. The maximum absolute atomic E-state index is 6.04. The molecule has 0 heterocycles. The second kappa shape index (κ2) is 6.44. The van der Waals surface area contributed by atoms with Crippen molar-refractivity contribution in [1.29, 1.82) is 0 Å². The fraction of sp³-hybridized carbons (Fsp3) is 0.0769. The van der Waals surface area contributed by atoms with E-state index < -0.39 is 0 Å². The van der Waals surface area contributed by atoms with E-state index in [1.165, 1.54) is 0 Å². The van der Waals surface area contributed by atoms with E-state index >= 15 is 0 Å². The molecule has 1 unspecified atom stereocenters. The largest absolute Gasteiger partial charge is 0.271 e. The molecular formula is C13H10BrCl3N2. The van der Waals surface area contributed by atoms with Crippen LogP contribution >= 0.6 is 50.7 Å².